The zero-order valence-corrected chi connectivity index (χ0v) is 13.7. The van der Waals surface area contributed by atoms with E-state index in [2.05, 4.69) is 20.7 Å². The molecule has 20 heavy (non-hydrogen) atoms. The molecule has 1 fully saturated rings. The quantitative estimate of drug-likeness (QED) is 0.833. The summed E-state index contributed by atoms with van der Waals surface area (Å²) in [6.07, 6.45) is 0.984. The van der Waals surface area contributed by atoms with E-state index in [1.165, 1.54) is 0 Å². The maximum absolute atomic E-state index is 12.3. The van der Waals surface area contributed by atoms with Gasteiger partial charge < -0.3 is 10.5 Å². The van der Waals surface area contributed by atoms with Gasteiger partial charge in [0.2, 0.25) is 10.0 Å². The highest BCUT2D eigenvalue weighted by Gasteiger charge is 2.26. The van der Waals surface area contributed by atoms with Crippen molar-refractivity contribution >= 4 is 26.0 Å². The van der Waals surface area contributed by atoms with Crippen LogP contribution in [0.4, 0.5) is 0 Å². The first-order valence-electron chi connectivity index (χ1n) is 6.54. The van der Waals surface area contributed by atoms with E-state index in [1.807, 2.05) is 6.92 Å². The molecule has 0 amide bonds. The Morgan fingerprint density at radius 1 is 1.50 bits per heavy atom. The standard InChI is InChI=1S/C13H19BrN2O3S/c1-9-11(4-5-19-9)8-16-20(17,18)13-3-2-10(7-15)6-12(13)14/h2-3,6,9,11,16H,4-5,7-8,15H2,1H3. The molecule has 2 unspecified atom stereocenters. The van der Waals surface area contributed by atoms with Gasteiger partial charge in [0.05, 0.1) is 11.0 Å². The number of hydrogen-bond donors (Lipinski definition) is 2. The van der Waals surface area contributed by atoms with Crippen LogP contribution in [0.1, 0.15) is 18.9 Å². The van der Waals surface area contributed by atoms with Gasteiger partial charge in [0.1, 0.15) is 0 Å². The Hall–Kier alpha value is -0.470. The summed E-state index contributed by atoms with van der Waals surface area (Å²) in [7, 11) is -3.52. The van der Waals surface area contributed by atoms with Crippen molar-refractivity contribution in [2.45, 2.75) is 30.9 Å². The van der Waals surface area contributed by atoms with E-state index >= 15 is 0 Å². The van der Waals surface area contributed by atoms with Crippen molar-refractivity contribution in [3.8, 4) is 0 Å². The molecule has 112 valence electrons. The SMILES string of the molecule is CC1OCCC1CNS(=O)(=O)c1ccc(CN)cc1Br. The molecule has 0 bridgehead atoms. The molecular weight excluding hydrogens is 344 g/mol. The predicted molar refractivity (Wildman–Crippen MR) is 80.7 cm³/mol. The zero-order valence-electron chi connectivity index (χ0n) is 11.3. The lowest BCUT2D eigenvalue weighted by molar-refractivity contribution is 0.107. The molecule has 0 aliphatic carbocycles. The fourth-order valence-corrected chi connectivity index (χ4v) is 4.45. The first-order valence-corrected chi connectivity index (χ1v) is 8.81. The van der Waals surface area contributed by atoms with Gasteiger partial charge in [-0.1, -0.05) is 6.07 Å². The van der Waals surface area contributed by atoms with E-state index in [-0.39, 0.29) is 16.9 Å². The molecule has 1 saturated heterocycles. The minimum Gasteiger partial charge on any atom is -0.378 e. The van der Waals surface area contributed by atoms with E-state index in [4.69, 9.17) is 10.5 Å². The highest BCUT2D eigenvalue weighted by Crippen LogP contribution is 2.24. The third kappa shape index (κ3) is 3.59. The second-order valence-electron chi connectivity index (χ2n) is 4.95. The molecule has 1 aliphatic rings. The number of rotatable bonds is 5. The summed E-state index contributed by atoms with van der Waals surface area (Å²) in [5.41, 5.74) is 6.42. The van der Waals surface area contributed by atoms with E-state index < -0.39 is 10.0 Å². The molecule has 0 radical (unpaired) electrons. The van der Waals surface area contributed by atoms with Gasteiger partial charge in [-0.05, 0) is 47.0 Å². The second kappa shape index (κ2) is 6.53. The van der Waals surface area contributed by atoms with Gasteiger partial charge in [-0.25, -0.2) is 13.1 Å². The summed E-state index contributed by atoms with van der Waals surface area (Å²) >= 11 is 3.29. The molecule has 3 N–H and O–H groups in total. The lowest BCUT2D eigenvalue weighted by Gasteiger charge is -2.15. The lowest BCUT2D eigenvalue weighted by Crippen LogP contribution is -2.32. The van der Waals surface area contributed by atoms with Crippen molar-refractivity contribution in [2.75, 3.05) is 13.2 Å². The number of sulfonamides is 1. The summed E-state index contributed by atoms with van der Waals surface area (Å²) in [5, 5.41) is 0. The molecule has 2 atom stereocenters. The second-order valence-corrected chi connectivity index (χ2v) is 7.54. The van der Waals surface area contributed by atoms with Crippen LogP contribution >= 0.6 is 15.9 Å². The van der Waals surface area contributed by atoms with Crippen molar-refractivity contribution < 1.29 is 13.2 Å². The van der Waals surface area contributed by atoms with Crippen LogP contribution in [0, 0.1) is 5.92 Å². The first kappa shape index (κ1) is 15.9. The Bertz CT molecular complexity index is 577. The molecule has 5 nitrogen and oxygen atoms in total. The van der Waals surface area contributed by atoms with Crippen molar-refractivity contribution in [1.29, 1.82) is 0 Å². The lowest BCUT2D eigenvalue weighted by atomic mass is 10.0. The van der Waals surface area contributed by atoms with Crippen LogP contribution in [0.25, 0.3) is 0 Å². The van der Waals surface area contributed by atoms with Crippen molar-refractivity contribution in [3.63, 3.8) is 0 Å². The van der Waals surface area contributed by atoms with E-state index in [0.29, 0.717) is 24.2 Å². The fraction of sp³-hybridized carbons (Fsp3) is 0.538. The minimum absolute atomic E-state index is 0.0979. The van der Waals surface area contributed by atoms with Crippen LogP contribution in [0.15, 0.2) is 27.6 Å². The number of nitrogens with two attached hydrogens (primary N) is 1. The molecule has 0 spiro atoms. The molecule has 1 aromatic rings. The van der Waals surface area contributed by atoms with Gasteiger partial charge in [0, 0.05) is 30.1 Å². The van der Waals surface area contributed by atoms with Gasteiger partial charge in [0.15, 0.2) is 0 Å². The summed E-state index contributed by atoms with van der Waals surface area (Å²) in [5.74, 6) is 0.229. The highest BCUT2D eigenvalue weighted by molar-refractivity contribution is 9.10. The van der Waals surface area contributed by atoms with Crippen LogP contribution in [0.3, 0.4) is 0 Å². The molecule has 1 heterocycles. The Kier molecular flexibility index (Phi) is 5.19. The normalized spacial score (nSPS) is 23.1. The Labute approximate surface area is 128 Å². The summed E-state index contributed by atoms with van der Waals surface area (Å²) < 4.78 is 33.2. The average Bonchev–Trinajstić information content (AvgIpc) is 2.81. The summed E-state index contributed by atoms with van der Waals surface area (Å²) in [6.45, 7) is 3.44. The zero-order chi connectivity index (χ0) is 14.8. The molecule has 7 heteroatoms. The molecule has 1 aliphatic heterocycles. The summed E-state index contributed by atoms with van der Waals surface area (Å²) in [6, 6.07) is 5.03. The average molecular weight is 363 g/mol. The van der Waals surface area contributed by atoms with Crippen LogP contribution in [-0.4, -0.2) is 27.7 Å². The van der Waals surface area contributed by atoms with E-state index in [9.17, 15) is 8.42 Å². The molecular formula is C13H19BrN2O3S. The minimum atomic E-state index is -3.52. The number of halogens is 1. The topological polar surface area (TPSA) is 81.4 Å². The number of ether oxygens (including phenoxy) is 1. The van der Waals surface area contributed by atoms with Crippen molar-refractivity contribution in [3.05, 3.63) is 28.2 Å². The number of hydrogen-bond acceptors (Lipinski definition) is 4. The van der Waals surface area contributed by atoms with E-state index in [0.717, 1.165) is 12.0 Å². The maximum atomic E-state index is 12.3. The van der Waals surface area contributed by atoms with Gasteiger partial charge in [-0.2, -0.15) is 0 Å². The van der Waals surface area contributed by atoms with Gasteiger partial charge in [-0.3, -0.25) is 0 Å². The van der Waals surface area contributed by atoms with Crippen LogP contribution in [0.5, 0.6) is 0 Å². The first-order chi connectivity index (χ1) is 9.44. The maximum Gasteiger partial charge on any atom is 0.241 e. The van der Waals surface area contributed by atoms with Crippen LogP contribution < -0.4 is 10.5 Å². The van der Waals surface area contributed by atoms with Crippen LogP contribution in [0.2, 0.25) is 0 Å². The Balaban J connectivity index is 2.10. The summed E-state index contributed by atoms with van der Waals surface area (Å²) in [4.78, 5) is 0.237. The molecule has 0 aromatic heterocycles. The van der Waals surface area contributed by atoms with Crippen LogP contribution in [-0.2, 0) is 21.3 Å². The van der Waals surface area contributed by atoms with Crippen molar-refractivity contribution in [2.24, 2.45) is 11.7 Å². The van der Waals surface area contributed by atoms with Gasteiger partial charge >= 0.3 is 0 Å². The number of benzene rings is 1. The Morgan fingerprint density at radius 2 is 2.25 bits per heavy atom. The third-order valence-electron chi connectivity index (χ3n) is 3.59. The van der Waals surface area contributed by atoms with Crippen molar-refractivity contribution in [1.82, 2.24) is 4.72 Å². The third-order valence-corrected chi connectivity index (χ3v) is 5.99. The van der Waals surface area contributed by atoms with E-state index in [1.54, 1.807) is 18.2 Å². The highest BCUT2D eigenvalue weighted by atomic mass is 79.9. The van der Waals surface area contributed by atoms with Gasteiger partial charge in [-0.15, -0.1) is 0 Å². The molecule has 2 rings (SSSR count). The van der Waals surface area contributed by atoms with Gasteiger partial charge in [0.25, 0.3) is 0 Å². The predicted octanol–water partition coefficient (Wildman–Crippen LogP) is 1.61. The smallest absolute Gasteiger partial charge is 0.241 e. The largest absolute Gasteiger partial charge is 0.378 e. The fourth-order valence-electron chi connectivity index (χ4n) is 2.23. The Morgan fingerprint density at radius 3 is 2.80 bits per heavy atom. The molecule has 0 saturated carbocycles. The number of nitrogens with one attached hydrogen (secondary N) is 1. The monoisotopic (exact) mass is 362 g/mol. The molecule has 1 aromatic carbocycles.